The summed E-state index contributed by atoms with van der Waals surface area (Å²) in [5, 5.41) is 16.6. The Morgan fingerprint density at radius 1 is 1.24 bits per heavy atom. The lowest BCUT2D eigenvalue weighted by atomic mass is 10.0. The minimum Gasteiger partial charge on any atom is -0.343 e. The van der Waals surface area contributed by atoms with Crippen molar-refractivity contribution in [3.05, 3.63) is 48.4 Å². The van der Waals surface area contributed by atoms with Crippen LogP contribution in [0, 0.1) is 11.3 Å². The van der Waals surface area contributed by atoms with Gasteiger partial charge >= 0.3 is 0 Å². The highest BCUT2D eigenvalue weighted by Gasteiger charge is 2.47. The molecule has 1 saturated carbocycles. The fourth-order valence-electron chi connectivity index (χ4n) is 4.10. The minimum atomic E-state index is -3.11. The lowest BCUT2D eigenvalue weighted by Gasteiger charge is -2.19. The van der Waals surface area contributed by atoms with Gasteiger partial charge in [0.05, 0.1) is 42.5 Å². The van der Waals surface area contributed by atoms with Crippen molar-refractivity contribution in [2.45, 2.75) is 37.3 Å². The molecule has 1 saturated heterocycles. The van der Waals surface area contributed by atoms with Gasteiger partial charge in [0.15, 0.2) is 0 Å². The molecule has 1 atom stereocenters. The van der Waals surface area contributed by atoms with Crippen molar-refractivity contribution in [2.75, 3.05) is 13.1 Å². The molecule has 1 N–H and O–H groups in total. The fourth-order valence-corrected chi connectivity index (χ4v) is 4.10. The molecule has 10 heteroatoms. The maximum Gasteiger partial charge on any atom is 0.268 e. The number of hydrogen-bond acceptors (Lipinski definition) is 5. The highest BCUT2D eigenvalue weighted by Crippen LogP contribution is 2.35. The summed E-state index contributed by atoms with van der Waals surface area (Å²) in [5.74, 6) is -4.36. The number of pyridine rings is 1. The van der Waals surface area contributed by atoms with E-state index in [1.807, 2.05) is 29.1 Å². The summed E-state index contributed by atoms with van der Waals surface area (Å²) < 4.78 is 29.2. The van der Waals surface area contributed by atoms with Crippen LogP contribution in [0.2, 0.25) is 0 Å². The molecule has 0 unspecified atom stereocenters. The van der Waals surface area contributed by atoms with Gasteiger partial charge in [-0.15, -0.1) is 0 Å². The van der Waals surface area contributed by atoms with Crippen molar-refractivity contribution < 1.29 is 18.4 Å². The van der Waals surface area contributed by atoms with Crippen LogP contribution in [-0.4, -0.2) is 56.5 Å². The van der Waals surface area contributed by atoms with Gasteiger partial charge in [0, 0.05) is 29.8 Å². The van der Waals surface area contributed by atoms with E-state index >= 15 is 0 Å². The zero-order valence-corrected chi connectivity index (χ0v) is 17.5. The van der Waals surface area contributed by atoms with Crippen molar-refractivity contribution >= 4 is 22.7 Å². The van der Waals surface area contributed by atoms with E-state index in [1.165, 1.54) is 6.20 Å². The molecule has 0 spiro atoms. The molecule has 8 nitrogen and oxygen atoms in total. The Hall–Kier alpha value is -3.87. The second kappa shape index (κ2) is 7.92. The number of aromatic nitrogens is 3. The number of amides is 2. The number of carbonyl (C=O) groups excluding carboxylic acids is 2. The van der Waals surface area contributed by atoms with E-state index in [0.717, 1.165) is 28.9 Å². The molecule has 168 valence electrons. The van der Waals surface area contributed by atoms with Crippen LogP contribution in [0.4, 0.5) is 8.78 Å². The largest absolute Gasteiger partial charge is 0.343 e. The molecule has 0 radical (unpaired) electrons. The maximum atomic E-state index is 13.6. The third-order valence-electron chi connectivity index (χ3n) is 5.98. The number of alkyl halides is 2. The van der Waals surface area contributed by atoms with Gasteiger partial charge in [0.25, 0.3) is 11.8 Å². The molecule has 2 aliphatic rings. The van der Waals surface area contributed by atoms with Gasteiger partial charge in [-0.25, -0.2) is 8.78 Å². The number of carbonyl (C=O) groups is 2. The molecule has 2 amide bonds. The first-order valence-corrected chi connectivity index (χ1v) is 10.6. The molecule has 2 fully saturated rings. The second-order valence-electron chi connectivity index (χ2n) is 8.44. The van der Waals surface area contributed by atoms with Crippen LogP contribution in [0.3, 0.4) is 0 Å². The van der Waals surface area contributed by atoms with E-state index in [-0.39, 0.29) is 0 Å². The van der Waals surface area contributed by atoms with Gasteiger partial charge in [-0.05, 0) is 36.6 Å². The Bertz CT molecular complexity index is 1290. The minimum absolute atomic E-state index is 0.313. The van der Waals surface area contributed by atoms with Crippen LogP contribution < -0.4 is 5.32 Å². The van der Waals surface area contributed by atoms with Crippen molar-refractivity contribution in [1.82, 2.24) is 25.0 Å². The fraction of sp³-hybridized carbons (Fsp3) is 0.348. The van der Waals surface area contributed by atoms with E-state index in [1.54, 1.807) is 18.3 Å². The number of benzene rings is 1. The first kappa shape index (κ1) is 21.0. The van der Waals surface area contributed by atoms with Crippen LogP contribution in [0.25, 0.3) is 22.0 Å². The van der Waals surface area contributed by atoms with Gasteiger partial charge < -0.3 is 10.2 Å². The average Bonchev–Trinajstić information content (AvgIpc) is 3.45. The Morgan fingerprint density at radius 3 is 2.82 bits per heavy atom. The normalized spacial score (nSPS) is 19.4. The molecule has 1 aromatic carbocycles. The highest BCUT2D eigenvalue weighted by molar-refractivity contribution is 6.07. The lowest BCUT2D eigenvalue weighted by Crippen LogP contribution is -2.43. The summed E-state index contributed by atoms with van der Waals surface area (Å²) >= 11 is 0. The monoisotopic (exact) mass is 450 g/mol. The zero-order chi connectivity index (χ0) is 23.2. The number of fused-ring (bicyclic) bond motifs is 1. The Morgan fingerprint density at radius 2 is 2.06 bits per heavy atom. The lowest BCUT2D eigenvalue weighted by molar-refractivity contribution is -0.131. The van der Waals surface area contributed by atoms with Gasteiger partial charge in [-0.2, -0.15) is 10.4 Å². The summed E-state index contributed by atoms with van der Waals surface area (Å²) in [5.41, 5.74) is 2.72. The van der Waals surface area contributed by atoms with Crippen LogP contribution in [0.1, 0.15) is 35.7 Å². The predicted molar refractivity (Wildman–Crippen MR) is 114 cm³/mol. The molecular weight excluding hydrogens is 430 g/mol. The Balaban J connectivity index is 1.34. The SMILES string of the molecule is N#C[C@@H]1CC(F)(F)CN1C(=O)CNC(=O)c1ccnc2ccc(-c3cnn(C4CC4)c3)cc12. The summed E-state index contributed by atoms with van der Waals surface area (Å²) in [6, 6.07) is 8.08. The standard InChI is InChI=1S/C23H20F2N6O2/c24-23(25)8-17(9-26)30(13-23)21(32)11-28-22(33)18-5-6-27-20-4-1-14(7-19(18)20)15-10-29-31(12-15)16-2-3-16/h1,4-7,10,12,16-17H,2-3,8,11,13H2,(H,28,33)/t17-/m0/s1. The molecule has 1 aliphatic heterocycles. The molecule has 3 aromatic rings. The number of nitrogens with one attached hydrogen (secondary N) is 1. The first-order valence-electron chi connectivity index (χ1n) is 10.6. The van der Waals surface area contributed by atoms with Crippen molar-refractivity contribution in [2.24, 2.45) is 0 Å². The van der Waals surface area contributed by atoms with Gasteiger partial charge in [-0.3, -0.25) is 19.3 Å². The van der Waals surface area contributed by atoms with Crippen molar-refractivity contribution in [3.8, 4) is 17.2 Å². The van der Waals surface area contributed by atoms with E-state index in [2.05, 4.69) is 15.4 Å². The van der Waals surface area contributed by atoms with Gasteiger partial charge in [-0.1, -0.05) is 6.07 Å². The van der Waals surface area contributed by atoms with Gasteiger partial charge in [0.1, 0.15) is 6.04 Å². The van der Waals surface area contributed by atoms with E-state index in [9.17, 15) is 18.4 Å². The third kappa shape index (κ3) is 4.14. The first-order chi connectivity index (χ1) is 15.8. The predicted octanol–water partition coefficient (Wildman–Crippen LogP) is 2.92. The third-order valence-corrected chi connectivity index (χ3v) is 5.98. The number of hydrogen-bond donors (Lipinski definition) is 1. The number of nitrogens with zero attached hydrogens (tertiary/aromatic N) is 5. The van der Waals surface area contributed by atoms with Crippen molar-refractivity contribution in [1.29, 1.82) is 5.26 Å². The van der Waals surface area contributed by atoms with Crippen LogP contribution in [-0.2, 0) is 4.79 Å². The smallest absolute Gasteiger partial charge is 0.268 e. The Labute approximate surface area is 187 Å². The summed E-state index contributed by atoms with van der Waals surface area (Å²) in [6.45, 7) is -1.30. The summed E-state index contributed by atoms with van der Waals surface area (Å²) in [7, 11) is 0. The molecule has 2 aromatic heterocycles. The zero-order valence-electron chi connectivity index (χ0n) is 17.5. The van der Waals surface area contributed by atoms with Crippen LogP contribution in [0.15, 0.2) is 42.9 Å². The molecule has 1 aliphatic carbocycles. The number of halogens is 2. The molecule has 5 rings (SSSR count). The molecule has 33 heavy (non-hydrogen) atoms. The number of likely N-dealkylation sites (tertiary alicyclic amines) is 1. The maximum absolute atomic E-state index is 13.6. The van der Waals surface area contributed by atoms with E-state index < -0.39 is 43.3 Å². The van der Waals surface area contributed by atoms with Gasteiger partial charge in [0.2, 0.25) is 5.91 Å². The molecule has 3 heterocycles. The number of rotatable bonds is 5. The quantitative estimate of drug-likeness (QED) is 0.644. The van der Waals surface area contributed by atoms with E-state index in [4.69, 9.17) is 5.26 Å². The van der Waals surface area contributed by atoms with Crippen LogP contribution >= 0.6 is 0 Å². The number of nitriles is 1. The summed E-state index contributed by atoms with van der Waals surface area (Å²) in [6.07, 6.45) is 6.80. The van der Waals surface area contributed by atoms with Crippen molar-refractivity contribution in [3.63, 3.8) is 0 Å². The molecule has 0 bridgehead atoms. The van der Waals surface area contributed by atoms with Crippen LogP contribution in [0.5, 0.6) is 0 Å². The Kier molecular flexibility index (Phi) is 5.04. The molecular formula is C23H20F2N6O2. The highest BCUT2D eigenvalue weighted by atomic mass is 19.3. The summed E-state index contributed by atoms with van der Waals surface area (Å²) in [4.78, 5) is 30.4. The topological polar surface area (TPSA) is 104 Å². The average molecular weight is 450 g/mol. The van der Waals surface area contributed by atoms with E-state index in [0.29, 0.717) is 22.5 Å². The second-order valence-corrected chi connectivity index (χ2v) is 8.44.